The topological polar surface area (TPSA) is 55.6 Å². The second-order valence-corrected chi connectivity index (χ2v) is 5.37. The molecule has 0 aliphatic carbocycles. The van der Waals surface area contributed by atoms with E-state index in [1.807, 2.05) is 42.9 Å². The molecule has 0 saturated carbocycles. The van der Waals surface area contributed by atoms with Crippen LogP contribution in [0.5, 0.6) is 0 Å². The van der Waals surface area contributed by atoms with E-state index in [0.29, 0.717) is 11.7 Å². The molecule has 0 aliphatic heterocycles. The minimum Gasteiger partial charge on any atom is -0.364 e. The molecule has 2 aromatic heterocycles. The van der Waals surface area contributed by atoms with Gasteiger partial charge in [0.25, 0.3) is 0 Å². The summed E-state index contributed by atoms with van der Waals surface area (Å²) in [6.07, 6.45) is 0. The average molecular weight is 302 g/mol. The Labute approximate surface area is 127 Å². The lowest BCUT2D eigenvalue weighted by molar-refractivity contribution is 0.730. The first-order chi connectivity index (χ1) is 10.1. The van der Waals surface area contributed by atoms with Crippen LogP contribution in [0.1, 0.15) is 17.0 Å². The van der Waals surface area contributed by atoms with Gasteiger partial charge in [0, 0.05) is 35.6 Å². The van der Waals surface area contributed by atoms with Gasteiger partial charge in [-0.15, -0.1) is 10.2 Å². The number of aryl methyl sites for hydroxylation is 2. The maximum absolute atomic E-state index is 6.09. The van der Waals surface area contributed by atoms with Gasteiger partial charge < -0.3 is 5.32 Å². The largest absolute Gasteiger partial charge is 0.364 e. The van der Waals surface area contributed by atoms with Gasteiger partial charge in [0.15, 0.2) is 11.0 Å². The van der Waals surface area contributed by atoms with Gasteiger partial charge in [0.1, 0.15) is 0 Å². The van der Waals surface area contributed by atoms with Crippen molar-refractivity contribution in [2.75, 3.05) is 5.32 Å². The molecule has 6 heteroatoms. The number of nitrogens with zero attached hydrogens (tertiary/aromatic N) is 4. The van der Waals surface area contributed by atoms with E-state index in [-0.39, 0.29) is 0 Å². The molecule has 108 valence electrons. The zero-order valence-electron chi connectivity index (χ0n) is 12.2. The summed E-state index contributed by atoms with van der Waals surface area (Å²) < 4.78 is 1.89. The molecule has 0 unspecified atom stereocenters. The second kappa shape index (κ2) is 5.33. The molecule has 3 rings (SSSR count). The number of hydrogen-bond donors (Lipinski definition) is 1. The molecule has 0 radical (unpaired) electrons. The summed E-state index contributed by atoms with van der Waals surface area (Å²) in [4.78, 5) is 0. The van der Waals surface area contributed by atoms with Crippen molar-refractivity contribution in [3.8, 4) is 0 Å². The van der Waals surface area contributed by atoms with E-state index in [2.05, 4.69) is 27.5 Å². The van der Waals surface area contributed by atoms with Crippen LogP contribution in [-0.2, 0) is 13.6 Å². The van der Waals surface area contributed by atoms with E-state index in [1.54, 1.807) is 0 Å². The molecule has 0 fully saturated rings. The molecule has 1 N–H and O–H groups in total. The summed E-state index contributed by atoms with van der Waals surface area (Å²) in [6, 6.07) is 7.83. The number of halogens is 1. The Morgan fingerprint density at radius 1 is 1.14 bits per heavy atom. The van der Waals surface area contributed by atoms with Crippen LogP contribution in [0.4, 0.5) is 5.82 Å². The molecule has 1 aromatic carbocycles. The fourth-order valence-corrected chi connectivity index (χ4v) is 2.65. The monoisotopic (exact) mass is 301 g/mol. The van der Waals surface area contributed by atoms with Crippen molar-refractivity contribution in [2.24, 2.45) is 7.05 Å². The minimum atomic E-state index is 0.421. The first-order valence-electron chi connectivity index (χ1n) is 6.72. The number of fused-ring (bicyclic) bond motifs is 1. The Bertz CT molecular complexity index is 809. The first kappa shape index (κ1) is 13.8. The molecule has 5 nitrogen and oxygen atoms in total. The van der Waals surface area contributed by atoms with Crippen molar-refractivity contribution in [1.82, 2.24) is 20.0 Å². The third-order valence-corrected chi connectivity index (χ3v) is 4.01. The molecular weight excluding hydrogens is 286 g/mol. The van der Waals surface area contributed by atoms with E-state index in [9.17, 15) is 0 Å². The number of benzene rings is 1. The summed E-state index contributed by atoms with van der Waals surface area (Å²) in [7, 11) is 1.95. The quantitative estimate of drug-likeness (QED) is 0.807. The van der Waals surface area contributed by atoms with E-state index in [0.717, 1.165) is 28.0 Å². The third kappa shape index (κ3) is 2.45. The molecule has 2 heterocycles. The fourth-order valence-electron chi connectivity index (χ4n) is 2.45. The summed E-state index contributed by atoms with van der Waals surface area (Å²) in [5.41, 5.74) is 3.35. The van der Waals surface area contributed by atoms with Crippen molar-refractivity contribution in [3.05, 3.63) is 46.4 Å². The molecule has 0 saturated heterocycles. The van der Waals surface area contributed by atoms with Gasteiger partial charge >= 0.3 is 0 Å². The lowest BCUT2D eigenvalue weighted by Gasteiger charge is -2.09. The normalized spacial score (nSPS) is 11.0. The van der Waals surface area contributed by atoms with Gasteiger partial charge in [-0.2, -0.15) is 5.10 Å². The lowest BCUT2D eigenvalue weighted by Crippen LogP contribution is -2.05. The summed E-state index contributed by atoms with van der Waals surface area (Å²) >= 11 is 6.09. The van der Waals surface area contributed by atoms with Crippen LogP contribution in [0, 0.1) is 13.8 Å². The SMILES string of the molecule is Cc1nn(C)c(C)c1CNc1nnc(Cl)c2ccccc12. The molecular formula is C15H16ClN5. The lowest BCUT2D eigenvalue weighted by atomic mass is 10.1. The first-order valence-corrected chi connectivity index (χ1v) is 7.09. The highest BCUT2D eigenvalue weighted by atomic mass is 35.5. The van der Waals surface area contributed by atoms with Gasteiger partial charge in [-0.25, -0.2) is 0 Å². The predicted octanol–water partition coefficient (Wildman–Crippen LogP) is 3.25. The Hall–Kier alpha value is -2.14. The minimum absolute atomic E-state index is 0.421. The average Bonchev–Trinajstić information content (AvgIpc) is 2.72. The van der Waals surface area contributed by atoms with E-state index >= 15 is 0 Å². The van der Waals surface area contributed by atoms with Crippen LogP contribution in [0.15, 0.2) is 24.3 Å². The number of anilines is 1. The molecule has 0 bridgehead atoms. The zero-order chi connectivity index (χ0) is 15.0. The predicted molar refractivity (Wildman–Crippen MR) is 84.6 cm³/mol. The van der Waals surface area contributed by atoms with Crippen molar-refractivity contribution in [2.45, 2.75) is 20.4 Å². The third-order valence-electron chi connectivity index (χ3n) is 3.73. The van der Waals surface area contributed by atoms with Gasteiger partial charge in [-0.3, -0.25) is 4.68 Å². The highest BCUT2D eigenvalue weighted by Crippen LogP contribution is 2.26. The molecule has 0 atom stereocenters. The van der Waals surface area contributed by atoms with Gasteiger partial charge in [0.05, 0.1) is 5.69 Å². The van der Waals surface area contributed by atoms with Crippen molar-refractivity contribution >= 4 is 28.2 Å². The van der Waals surface area contributed by atoms with Crippen LogP contribution in [0.3, 0.4) is 0 Å². The molecule has 21 heavy (non-hydrogen) atoms. The maximum atomic E-state index is 6.09. The number of hydrogen-bond acceptors (Lipinski definition) is 4. The van der Waals surface area contributed by atoms with Crippen LogP contribution < -0.4 is 5.32 Å². The van der Waals surface area contributed by atoms with E-state index in [4.69, 9.17) is 11.6 Å². The van der Waals surface area contributed by atoms with Gasteiger partial charge in [-0.05, 0) is 13.8 Å². The fraction of sp³-hybridized carbons (Fsp3) is 0.267. The Kier molecular flexibility index (Phi) is 3.51. The molecule has 0 spiro atoms. The number of aromatic nitrogens is 4. The van der Waals surface area contributed by atoms with Gasteiger partial charge in [0.2, 0.25) is 0 Å². The van der Waals surface area contributed by atoms with Crippen LogP contribution in [0.25, 0.3) is 10.8 Å². The smallest absolute Gasteiger partial charge is 0.159 e. The van der Waals surface area contributed by atoms with Crippen molar-refractivity contribution < 1.29 is 0 Å². The van der Waals surface area contributed by atoms with E-state index < -0.39 is 0 Å². The standard InChI is InChI=1S/C15H16ClN5/c1-9-13(10(2)21(3)20-9)8-17-15-12-7-5-4-6-11(12)14(16)18-19-15/h4-7H,8H2,1-3H3,(H,17,19). The molecule has 3 aromatic rings. The van der Waals surface area contributed by atoms with Crippen molar-refractivity contribution in [3.63, 3.8) is 0 Å². The zero-order valence-corrected chi connectivity index (χ0v) is 12.9. The summed E-state index contributed by atoms with van der Waals surface area (Å²) in [6.45, 7) is 4.73. The van der Waals surface area contributed by atoms with Gasteiger partial charge in [-0.1, -0.05) is 35.9 Å². The van der Waals surface area contributed by atoms with Crippen LogP contribution >= 0.6 is 11.6 Å². The number of nitrogens with one attached hydrogen (secondary N) is 1. The van der Waals surface area contributed by atoms with Crippen LogP contribution in [-0.4, -0.2) is 20.0 Å². The second-order valence-electron chi connectivity index (χ2n) is 5.01. The van der Waals surface area contributed by atoms with Crippen LogP contribution in [0.2, 0.25) is 5.15 Å². The summed E-state index contributed by atoms with van der Waals surface area (Å²) in [5, 5.41) is 18.2. The van der Waals surface area contributed by atoms with Crippen molar-refractivity contribution in [1.29, 1.82) is 0 Å². The maximum Gasteiger partial charge on any atom is 0.159 e. The molecule has 0 aliphatic rings. The molecule has 0 amide bonds. The number of rotatable bonds is 3. The Balaban J connectivity index is 1.94. The Morgan fingerprint density at radius 3 is 2.52 bits per heavy atom. The highest BCUT2D eigenvalue weighted by Gasteiger charge is 2.11. The highest BCUT2D eigenvalue weighted by molar-refractivity contribution is 6.34. The Morgan fingerprint density at radius 2 is 1.86 bits per heavy atom. The summed E-state index contributed by atoms with van der Waals surface area (Å²) in [5.74, 6) is 0.734. The van der Waals surface area contributed by atoms with E-state index in [1.165, 1.54) is 5.56 Å².